The molecular weight excluding hydrogens is 196 g/mol. The smallest absolute Gasteiger partial charge is 0.139 e. The molecular formula is C14H26N2. The van der Waals surface area contributed by atoms with Crippen molar-refractivity contribution < 1.29 is 0 Å². The normalized spacial score (nSPS) is 7.69. The number of hydrogen-bond donors (Lipinski definition) is 0. The summed E-state index contributed by atoms with van der Waals surface area (Å²) >= 11 is 0. The molecule has 0 fully saturated rings. The van der Waals surface area contributed by atoms with E-state index in [0.29, 0.717) is 0 Å². The fourth-order valence-electron chi connectivity index (χ4n) is 1.10. The summed E-state index contributed by atoms with van der Waals surface area (Å²) in [6.07, 6.45) is 3.82. The molecule has 0 saturated heterocycles. The molecule has 2 heterocycles. The molecule has 0 bridgehead atoms. The van der Waals surface area contributed by atoms with Crippen molar-refractivity contribution >= 4 is 11.0 Å². The van der Waals surface area contributed by atoms with Gasteiger partial charge in [-0.1, -0.05) is 41.5 Å². The minimum Gasteiger partial charge on any atom is -0.336 e. The van der Waals surface area contributed by atoms with Gasteiger partial charge in [-0.05, 0) is 18.2 Å². The molecule has 92 valence electrons. The third-order valence-electron chi connectivity index (χ3n) is 1.63. The predicted octanol–water partition coefficient (Wildman–Crippen LogP) is 4.65. The predicted molar refractivity (Wildman–Crippen MR) is 74.8 cm³/mol. The van der Waals surface area contributed by atoms with Crippen LogP contribution in [-0.2, 0) is 7.05 Å². The highest BCUT2D eigenvalue weighted by atomic mass is 15.0. The molecule has 2 heteroatoms. The van der Waals surface area contributed by atoms with Crippen LogP contribution in [0.4, 0.5) is 0 Å². The lowest BCUT2D eigenvalue weighted by atomic mass is 10.3. The van der Waals surface area contributed by atoms with Gasteiger partial charge in [0.15, 0.2) is 0 Å². The SMILES string of the molecule is CC.CC.CC.Cn1ccc2cccnc21. The summed E-state index contributed by atoms with van der Waals surface area (Å²) in [4.78, 5) is 4.20. The number of hydrogen-bond acceptors (Lipinski definition) is 1. The standard InChI is InChI=1S/C8H8N2.3C2H6/c1-10-6-4-7-3-2-5-9-8(7)10;3*1-2/h2-6H,1H3;3*1-2H3. The van der Waals surface area contributed by atoms with Crippen LogP contribution >= 0.6 is 0 Å². The number of aryl methyl sites for hydroxylation is 1. The topological polar surface area (TPSA) is 17.8 Å². The Bertz CT molecular complexity index is 350. The van der Waals surface area contributed by atoms with Crippen LogP contribution in [0.5, 0.6) is 0 Å². The largest absolute Gasteiger partial charge is 0.336 e. The Balaban J connectivity index is 0. The lowest BCUT2D eigenvalue weighted by molar-refractivity contribution is 0.948. The van der Waals surface area contributed by atoms with Gasteiger partial charge in [-0.3, -0.25) is 0 Å². The van der Waals surface area contributed by atoms with Crippen LogP contribution in [-0.4, -0.2) is 9.55 Å². The average Bonchev–Trinajstić information content (AvgIpc) is 2.79. The minimum atomic E-state index is 1.04. The van der Waals surface area contributed by atoms with E-state index < -0.39 is 0 Å². The highest BCUT2D eigenvalue weighted by Crippen LogP contribution is 2.09. The molecule has 16 heavy (non-hydrogen) atoms. The summed E-state index contributed by atoms with van der Waals surface area (Å²) in [5.74, 6) is 0. The number of nitrogens with zero attached hydrogens (tertiary/aromatic N) is 2. The van der Waals surface area contributed by atoms with Gasteiger partial charge in [-0.15, -0.1) is 0 Å². The van der Waals surface area contributed by atoms with Gasteiger partial charge in [0.1, 0.15) is 5.65 Å². The fourth-order valence-corrected chi connectivity index (χ4v) is 1.10. The minimum absolute atomic E-state index is 1.04. The molecule has 0 aliphatic rings. The van der Waals surface area contributed by atoms with Crippen molar-refractivity contribution in [3.05, 3.63) is 30.6 Å². The first-order chi connectivity index (χ1) is 7.88. The van der Waals surface area contributed by atoms with Crippen molar-refractivity contribution in [1.82, 2.24) is 9.55 Å². The molecule has 2 aromatic rings. The summed E-state index contributed by atoms with van der Waals surface area (Å²) in [7, 11) is 2.00. The van der Waals surface area contributed by atoms with Crippen LogP contribution in [0, 0.1) is 0 Å². The lowest BCUT2D eigenvalue weighted by Gasteiger charge is -1.91. The van der Waals surface area contributed by atoms with E-state index in [1.54, 1.807) is 0 Å². The summed E-state index contributed by atoms with van der Waals surface area (Å²) in [5, 5.41) is 1.20. The Kier molecular flexibility index (Phi) is 12.6. The van der Waals surface area contributed by atoms with E-state index in [-0.39, 0.29) is 0 Å². The zero-order valence-electron chi connectivity index (χ0n) is 11.8. The first-order valence-corrected chi connectivity index (χ1v) is 6.24. The van der Waals surface area contributed by atoms with E-state index in [1.165, 1.54) is 5.39 Å². The summed E-state index contributed by atoms with van der Waals surface area (Å²) in [6, 6.07) is 6.06. The Hall–Kier alpha value is -1.31. The van der Waals surface area contributed by atoms with Crippen molar-refractivity contribution in [3.8, 4) is 0 Å². The molecule has 0 radical (unpaired) electrons. The average molecular weight is 222 g/mol. The highest BCUT2D eigenvalue weighted by molar-refractivity contribution is 5.75. The molecule has 2 rings (SSSR count). The van der Waals surface area contributed by atoms with Crippen molar-refractivity contribution in [2.75, 3.05) is 0 Å². The molecule has 0 unspecified atom stereocenters. The maximum atomic E-state index is 4.20. The van der Waals surface area contributed by atoms with E-state index in [1.807, 2.05) is 71.6 Å². The van der Waals surface area contributed by atoms with Gasteiger partial charge in [0.05, 0.1) is 0 Å². The molecule has 0 aliphatic heterocycles. The van der Waals surface area contributed by atoms with Crippen molar-refractivity contribution in [1.29, 1.82) is 0 Å². The Morgan fingerprint density at radius 1 is 0.938 bits per heavy atom. The molecule has 0 saturated carbocycles. The van der Waals surface area contributed by atoms with Gasteiger partial charge in [0.2, 0.25) is 0 Å². The van der Waals surface area contributed by atoms with Crippen LogP contribution < -0.4 is 0 Å². The second-order valence-electron chi connectivity index (χ2n) is 2.34. The highest BCUT2D eigenvalue weighted by Gasteiger charge is 1.93. The van der Waals surface area contributed by atoms with Crippen molar-refractivity contribution in [2.24, 2.45) is 7.05 Å². The maximum absolute atomic E-state index is 4.20. The number of rotatable bonds is 0. The molecule has 0 N–H and O–H groups in total. The van der Waals surface area contributed by atoms with E-state index in [4.69, 9.17) is 0 Å². The van der Waals surface area contributed by atoms with E-state index >= 15 is 0 Å². The van der Waals surface area contributed by atoms with Crippen LogP contribution in [0.25, 0.3) is 11.0 Å². The van der Waals surface area contributed by atoms with Gasteiger partial charge in [0.25, 0.3) is 0 Å². The molecule has 0 aliphatic carbocycles. The number of fused-ring (bicyclic) bond motifs is 1. The van der Waals surface area contributed by atoms with Gasteiger partial charge < -0.3 is 4.57 Å². The summed E-state index contributed by atoms with van der Waals surface area (Å²) < 4.78 is 2.01. The monoisotopic (exact) mass is 222 g/mol. The second-order valence-corrected chi connectivity index (χ2v) is 2.34. The summed E-state index contributed by atoms with van der Waals surface area (Å²) in [6.45, 7) is 12.0. The maximum Gasteiger partial charge on any atom is 0.139 e. The van der Waals surface area contributed by atoms with Gasteiger partial charge in [-0.2, -0.15) is 0 Å². The quantitative estimate of drug-likeness (QED) is 0.634. The molecule has 2 aromatic heterocycles. The van der Waals surface area contributed by atoms with Crippen molar-refractivity contribution in [2.45, 2.75) is 41.5 Å². The van der Waals surface area contributed by atoms with Gasteiger partial charge in [-0.25, -0.2) is 4.98 Å². The molecule has 2 nitrogen and oxygen atoms in total. The van der Waals surface area contributed by atoms with E-state index in [9.17, 15) is 0 Å². The number of aromatic nitrogens is 2. The lowest BCUT2D eigenvalue weighted by Crippen LogP contribution is -1.85. The summed E-state index contributed by atoms with van der Waals surface area (Å²) in [5.41, 5.74) is 1.04. The van der Waals surface area contributed by atoms with Crippen LogP contribution in [0.15, 0.2) is 30.6 Å². The first kappa shape index (κ1) is 17.1. The van der Waals surface area contributed by atoms with Crippen LogP contribution in [0.2, 0.25) is 0 Å². The van der Waals surface area contributed by atoms with Gasteiger partial charge in [0, 0.05) is 24.8 Å². The fraction of sp³-hybridized carbons (Fsp3) is 0.500. The molecule has 0 atom stereocenters. The first-order valence-electron chi connectivity index (χ1n) is 6.24. The van der Waals surface area contributed by atoms with Gasteiger partial charge >= 0.3 is 0 Å². The molecule has 0 amide bonds. The van der Waals surface area contributed by atoms with E-state index in [0.717, 1.165) is 5.65 Å². The zero-order valence-corrected chi connectivity index (χ0v) is 11.8. The number of pyridine rings is 1. The second kappa shape index (κ2) is 11.8. The Morgan fingerprint density at radius 3 is 2.00 bits per heavy atom. The Morgan fingerprint density at radius 2 is 1.50 bits per heavy atom. The third-order valence-corrected chi connectivity index (χ3v) is 1.63. The van der Waals surface area contributed by atoms with E-state index in [2.05, 4.69) is 17.1 Å². The zero-order chi connectivity index (χ0) is 13.0. The van der Waals surface area contributed by atoms with Crippen molar-refractivity contribution in [3.63, 3.8) is 0 Å². The molecule has 0 spiro atoms. The Labute approximate surface area is 100 Å². The molecule has 0 aromatic carbocycles. The third kappa shape index (κ3) is 4.96. The van der Waals surface area contributed by atoms with Crippen LogP contribution in [0.3, 0.4) is 0 Å². The van der Waals surface area contributed by atoms with Crippen LogP contribution in [0.1, 0.15) is 41.5 Å².